The molecule has 0 radical (unpaired) electrons. The predicted molar refractivity (Wildman–Crippen MR) is 61.0 cm³/mol. The van der Waals surface area contributed by atoms with Crippen molar-refractivity contribution in [2.45, 2.75) is 24.1 Å². The molecule has 2 heterocycles. The lowest BCUT2D eigenvalue weighted by molar-refractivity contribution is -0.0543. The van der Waals surface area contributed by atoms with Gasteiger partial charge in [-0.25, -0.2) is 9.18 Å². The van der Waals surface area contributed by atoms with Crippen molar-refractivity contribution in [3.63, 3.8) is 0 Å². The van der Waals surface area contributed by atoms with Crippen molar-refractivity contribution in [1.29, 1.82) is 0 Å². The summed E-state index contributed by atoms with van der Waals surface area (Å²) in [6.07, 6.45) is 1.38. The van der Waals surface area contributed by atoms with Crippen molar-refractivity contribution in [3.8, 4) is 12.3 Å². The normalized spacial score (nSPS) is 34.1. The average molecular weight is 270 g/mol. The highest BCUT2D eigenvalue weighted by molar-refractivity contribution is 5.19. The van der Waals surface area contributed by atoms with Crippen molar-refractivity contribution in [1.82, 2.24) is 9.55 Å². The van der Waals surface area contributed by atoms with Gasteiger partial charge in [0.25, 0.3) is 5.56 Å². The molecule has 1 fully saturated rings. The van der Waals surface area contributed by atoms with Gasteiger partial charge in [-0.15, -0.1) is 6.42 Å². The summed E-state index contributed by atoms with van der Waals surface area (Å²) < 4.78 is 20.3. The number of rotatable bonds is 2. The first-order valence-corrected chi connectivity index (χ1v) is 5.36. The molecule has 102 valence electrons. The monoisotopic (exact) mass is 270 g/mol. The number of ether oxygens (including phenoxy) is 1. The molecule has 3 N–H and O–H groups in total. The summed E-state index contributed by atoms with van der Waals surface area (Å²) in [5, 5.41) is 18.7. The largest absolute Gasteiger partial charge is 0.394 e. The van der Waals surface area contributed by atoms with E-state index in [9.17, 15) is 19.1 Å². The van der Waals surface area contributed by atoms with E-state index in [-0.39, 0.29) is 0 Å². The van der Waals surface area contributed by atoms with Gasteiger partial charge in [-0.05, 0) is 0 Å². The molecule has 8 heteroatoms. The Hall–Kier alpha value is -1.95. The van der Waals surface area contributed by atoms with Gasteiger partial charge in [0.15, 0.2) is 6.23 Å². The van der Waals surface area contributed by atoms with Crippen LogP contribution in [0.2, 0.25) is 0 Å². The molecule has 0 aromatic carbocycles. The molecule has 19 heavy (non-hydrogen) atoms. The number of hydrogen-bond acceptors (Lipinski definition) is 5. The highest BCUT2D eigenvalue weighted by Crippen LogP contribution is 2.40. The summed E-state index contributed by atoms with van der Waals surface area (Å²) in [5.41, 5.74) is -4.28. The molecule has 0 amide bonds. The van der Waals surface area contributed by atoms with E-state index in [0.29, 0.717) is 0 Å². The number of aromatic nitrogens is 2. The van der Waals surface area contributed by atoms with Crippen molar-refractivity contribution >= 4 is 0 Å². The molecular formula is C11H11FN2O5. The van der Waals surface area contributed by atoms with Crippen molar-refractivity contribution < 1.29 is 19.3 Å². The minimum absolute atomic E-state index is 0.663. The fourth-order valence-corrected chi connectivity index (χ4v) is 1.94. The average Bonchev–Trinajstić information content (AvgIpc) is 2.63. The number of halogens is 1. The number of aliphatic hydroxyl groups excluding tert-OH is 2. The fourth-order valence-electron chi connectivity index (χ4n) is 1.94. The molecule has 1 aromatic heterocycles. The smallest absolute Gasteiger partial charge is 0.330 e. The van der Waals surface area contributed by atoms with Crippen LogP contribution >= 0.6 is 0 Å². The Kier molecular flexibility index (Phi) is 3.28. The molecule has 1 saturated heterocycles. The zero-order valence-electron chi connectivity index (χ0n) is 9.62. The Labute approximate surface area is 106 Å². The quantitative estimate of drug-likeness (QED) is 0.546. The topological polar surface area (TPSA) is 105 Å². The fraction of sp³-hybridized carbons (Fsp3) is 0.455. The number of nitrogens with one attached hydrogen (secondary N) is 1. The van der Waals surface area contributed by atoms with E-state index in [2.05, 4.69) is 0 Å². The second-order valence-corrected chi connectivity index (χ2v) is 4.08. The number of aromatic amines is 1. The van der Waals surface area contributed by atoms with Crippen LogP contribution in [0.5, 0.6) is 0 Å². The summed E-state index contributed by atoms with van der Waals surface area (Å²) in [7, 11) is 0. The van der Waals surface area contributed by atoms with Gasteiger partial charge in [0.05, 0.1) is 6.61 Å². The summed E-state index contributed by atoms with van der Waals surface area (Å²) in [5.74, 6) is 1.74. The van der Waals surface area contributed by atoms with Gasteiger partial charge in [-0.1, -0.05) is 5.92 Å². The molecule has 0 saturated carbocycles. The first-order valence-electron chi connectivity index (χ1n) is 5.36. The van der Waals surface area contributed by atoms with Crippen LogP contribution in [-0.4, -0.2) is 44.2 Å². The van der Waals surface area contributed by atoms with E-state index in [0.717, 1.165) is 16.8 Å². The lowest BCUT2D eigenvalue weighted by atomic mass is 9.97. The number of H-pyrrole nitrogens is 1. The molecule has 4 unspecified atom stereocenters. The van der Waals surface area contributed by atoms with Crippen LogP contribution in [0.25, 0.3) is 0 Å². The lowest BCUT2D eigenvalue weighted by Crippen LogP contribution is -2.44. The van der Waals surface area contributed by atoms with Gasteiger partial charge in [-0.3, -0.25) is 14.3 Å². The molecule has 0 aliphatic carbocycles. The molecule has 1 aliphatic heterocycles. The molecule has 4 atom stereocenters. The third-order valence-electron chi connectivity index (χ3n) is 2.95. The van der Waals surface area contributed by atoms with Crippen LogP contribution in [-0.2, 0) is 4.74 Å². The minimum atomic E-state index is -2.69. The second kappa shape index (κ2) is 4.62. The van der Waals surface area contributed by atoms with Gasteiger partial charge >= 0.3 is 5.69 Å². The van der Waals surface area contributed by atoms with Crippen molar-refractivity contribution in [3.05, 3.63) is 33.1 Å². The highest BCUT2D eigenvalue weighted by atomic mass is 19.1. The zero-order chi connectivity index (χ0) is 14.2. The number of aliphatic hydroxyl groups is 2. The third kappa shape index (κ3) is 1.98. The maximum absolute atomic E-state index is 14.5. The van der Waals surface area contributed by atoms with Gasteiger partial charge in [0.2, 0.25) is 5.67 Å². The van der Waals surface area contributed by atoms with Crippen molar-refractivity contribution in [2.24, 2.45) is 0 Å². The van der Waals surface area contributed by atoms with Crippen molar-refractivity contribution in [2.75, 3.05) is 6.61 Å². The number of terminal acetylenes is 1. The van der Waals surface area contributed by atoms with E-state index in [1.807, 2.05) is 4.98 Å². The van der Waals surface area contributed by atoms with Gasteiger partial charge in [-0.2, -0.15) is 0 Å². The summed E-state index contributed by atoms with van der Waals surface area (Å²) in [4.78, 5) is 24.4. The maximum Gasteiger partial charge on any atom is 0.330 e. The van der Waals surface area contributed by atoms with Crippen LogP contribution in [0.1, 0.15) is 6.23 Å². The van der Waals surface area contributed by atoms with Crippen LogP contribution in [0.4, 0.5) is 4.39 Å². The lowest BCUT2D eigenvalue weighted by Gasteiger charge is -2.23. The number of hydrogen-bond donors (Lipinski definition) is 3. The van der Waals surface area contributed by atoms with Crippen LogP contribution < -0.4 is 11.2 Å². The molecule has 7 nitrogen and oxygen atoms in total. The number of alkyl halides is 1. The molecule has 1 aliphatic rings. The molecular weight excluding hydrogens is 259 g/mol. The van der Waals surface area contributed by atoms with E-state index < -0.39 is 42.0 Å². The van der Waals surface area contributed by atoms with Gasteiger partial charge in [0.1, 0.15) is 12.2 Å². The van der Waals surface area contributed by atoms with Crippen LogP contribution in [0, 0.1) is 12.3 Å². The second-order valence-electron chi connectivity index (χ2n) is 4.08. The van der Waals surface area contributed by atoms with E-state index >= 15 is 0 Å². The minimum Gasteiger partial charge on any atom is -0.394 e. The van der Waals surface area contributed by atoms with E-state index in [1.54, 1.807) is 5.92 Å². The third-order valence-corrected chi connectivity index (χ3v) is 2.95. The Morgan fingerprint density at radius 2 is 2.32 bits per heavy atom. The molecule has 2 rings (SSSR count). The van der Waals surface area contributed by atoms with E-state index in [4.69, 9.17) is 16.3 Å². The van der Waals surface area contributed by atoms with Gasteiger partial charge in [0, 0.05) is 12.3 Å². The Morgan fingerprint density at radius 3 is 2.84 bits per heavy atom. The predicted octanol–water partition coefficient (Wildman–Crippen LogP) is -1.87. The standard InChI is InChI=1S/C11H11FN2O5/c1-2-11(12)8(17)6(5-15)19-9(11)14-4-3-7(16)13-10(14)18/h1,3-4,6,8-9,15,17H,5H2,(H,13,16,18). The summed E-state index contributed by atoms with van der Waals surface area (Å²) >= 11 is 0. The highest BCUT2D eigenvalue weighted by Gasteiger charge is 2.57. The summed E-state index contributed by atoms with van der Waals surface area (Å²) in [6, 6.07) is 0.986. The van der Waals surface area contributed by atoms with Gasteiger partial charge < -0.3 is 14.9 Å². The summed E-state index contributed by atoms with van der Waals surface area (Å²) in [6.45, 7) is -0.664. The SMILES string of the molecule is C#CC1(F)C(O)C(CO)OC1n1ccc(=O)[nH]c1=O. The molecule has 0 spiro atoms. The first kappa shape index (κ1) is 13.5. The Balaban J connectivity index is 2.52. The number of nitrogens with zero attached hydrogens (tertiary/aromatic N) is 1. The Bertz CT molecular complexity index is 633. The van der Waals surface area contributed by atoms with E-state index in [1.165, 1.54) is 0 Å². The molecule has 0 bridgehead atoms. The van der Waals surface area contributed by atoms with Crippen LogP contribution in [0.15, 0.2) is 21.9 Å². The first-order chi connectivity index (χ1) is 8.93. The zero-order valence-corrected chi connectivity index (χ0v) is 9.62. The molecule has 1 aromatic rings. The van der Waals surface area contributed by atoms with Crippen LogP contribution in [0.3, 0.4) is 0 Å². The Morgan fingerprint density at radius 1 is 1.63 bits per heavy atom. The maximum atomic E-state index is 14.5.